The Morgan fingerprint density at radius 2 is 2.15 bits per heavy atom. The van der Waals surface area contributed by atoms with Gasteiger partial charge in [-0.15, -0.1) is 11.3 Å². The van der Waals surface area contributed by atoms with Crippen molar-refractivity contribution in [3.63, 3.8) is 0 Å². The fourth-order valence-corrected chi connectivity index (χ4v) is 4.70. The van der Waals surface area contributed by atoms with Crippen LogP contribution >= 0.6 is 11.3 Å². The van der Waals surface area contributed by atoms with Gasteiger partial charge in [-0.1, -0.05) is 12.1 Å². The van der Waals surface area contributed by atoms with Crippen molar-refractivity contribution in [2.75, 3.05) is 13.7 Å². The van der Waals surface area contributed by atoms with Crippen molar-refractivity contribution in [2.45, 2.75) is 32.2 Å². The van der Waals surface area contributed by atoms with Gasteiger partial charge in [0.1, 0.15) is 16.3 Å². The van der Waals surface area contributed by atoms with Gasteiger partial charge >= 0.3 is 0 Å². The highest BCUT2D eigenvalue weighted by atomic mass is 32.1. The third kappa shape index (κ3) is 2.88. The smallest absolute Gasteiger partial charge is 0.264 e. The number of methoxy groups -OCH3 is 1. The molecule has 1 unspecified atom stereocenters. The molecule has 5 nitrogen and oxygen atoms in total. The maximum Gasteiger partial charge on any atom is 0.264 e. The summed E-state index contributed by atoms with van der Waals surface area (Å²) in [6.07, 6.45) is 3.39. The summed E-state index contributed by atoms with van der Waals surface area (Å²) in [5.74, 6) is 0.949. The van der Waals surface area contributed by atoms with Crippen LogP contribution in [0.1, 0.15) is 35.9 Å². The number of likely N-dealkylation sites (tertiary alicyclic amines) is 1. The Morgan fingerprint density at radius 3 is 2.92 bits per heavy atom. The molecule has 3 aromatic rings. The van der Waals surface area contributed by atoms with E-state index in [2.05, 4.69) is 12.0 Å². The molecular formula is C20H23N3O2S. The van der Waals surface area contributed by atoms with E-state index < -0.39 is 0 Å². The third-order valence-corrected chi connectivity index (χ3v) is 6.32. The monoisotopic (exact) mass is 369 g/mol. The van der Waals surface area contributed by atoms with E-state index in [-0.39, 0.29) is 5.91 Å². The lowest BCUT2D eigenvalue weighted by molar-refractivity contribution is 0.0641. The van der Waals surface area contributed by atoms with Gasteiger partial charge in [0.05, 0.1) is 12.0 Å². The number of carbonyl (C=O) groups excluding carboxylic acids is 1. The van der Waals surface area contributed by atoms with Gasteiger partial charge in [-0.25, -0.2) is 0 Å². The number of benzene rings is 1. The fourth-order valence-electron chi connectivity index (χ4n) is 3.67. The molecule has 0 spiro atoms. The van der Waals surface area contributed by atoms with Gasteiger partial charge in [0.2, 0.25) is 0 Å². The highest BCUT2D eigenvalue weighted by molar-refractivity contribution is 7.20. The van der Waals surface area contributed by atoms with Crippen LogP contribution in [0.5, 0.6) is 5.75 Å². The Kier molecular flexibility index (Phi) is 4.44. The van der Waals surface area contributed by atoms with Gasteiger partial charge in [-0.3, -0.25) is 9.48 Å². The molecule has 2 aromatic heterocycles. The van der Waals surface area contributed by atoms with E-state index in [1.54, 1.807) is 7.11 Å². The van der Waals surface area contributed by atoms with Crippen molar-refractivity contribution in [1.82, 2.24) is 14.7 Å². The number of carbonyl (C=O) groups is 1. The molecule has 0 radical (unpaired) electrons. The first-order chi connectivity index (χ1) is 12.6. The molecule has 1 aliphatic heterocycles. The number of aryl methyl sites for hydroxylation is 1. The van der Waals surface area contributed by atoms with E-state index >= 15 is 0 Å². The highest BCUT2D eigenvalue weighted by Crippen LogP contribution is 2.35. The molecule has 0 N–H and O–H groups in total. The standard InChI is InChI=1S/C20H23N3O2S/c1-13-7-4-5-10-23(13)19(24)17-12-16-18(21-22(2)20(16)26-17)14-8-6-9-15(11-14)25-3/h6,8-9,11-13H,4-5,7,10H2,1-3H3. The predicted molar refractivity (Wildman–Crippen MR) is 105 cm³/mol. The summed E-state index contributed by atoms with van der Waals surface area (Å²) in [5, 5.41) is 5.70. The second kappa shape index (κ2) is 6.76. The van der Waals surface area contributed by atoms with Crippen molar-refractivity contribution in [3.8, 4) is 17.0 Å². The number of nitrogens with zero attached hydrogens (tertiary/aromatic N) is 3. The first-order valence-corrected chi connectivity index (χ1v) is 9.82. The second-order valence-corrected chi connectivity index (χ2v) is 7.91. The summed E-state index contributed by atoms with van der Waals surface area (Å²) in [7, 11) is 3.59. The Bertz CT molecular complexity index is 959. The molecule has 0 saturated carbocycles. The average Bonchev–Trinajstić information content (AvgIpc) is 3.22. The zero-order chi connectivity index (χ0) is 18.3. The fraction of sp³-hybridized carbons (Fsp3) is 0.400. The second-order valence-electron chi connectivity index (χ2n) is 6.88. The van der Waals surface area contributed by atoms with Crippen molar-refractivity contribution >= 4 is 27.5 Å². The van der Waals surface area contributed by atoms with Crippen LogP contribution in [-0.4, -0.2) is 40.3 Å². The minimum absolute atomic E-state index is 0.148. The number of aromatic nitrogens is 2. The van der Waals surface area contributed by atoms with Gasteiger partial charge < -0.3 is 9.64 Å². The predicted octanol–water partition coefficient (Wildman–Crippen LogP) is 4.33. The summed E-state index contributed by atoms with van der Waals surface area (Å²) >= 11 is 1.53. The van der Waals surface area contributed by atoms with Crippen LogP contribution < -0.4 is 4.74 Å². The molecule has 26 heavy (non-hydrogen) atoms. The number of thiophene rings is 1. The number of fused-ring (bicyclic) bond motifs is 1. The summed E-state index contributed by atoms with van der Waals surface area (Å²) < 4.78 is 7.20. The summed E-state index contributed by atoms with van der Waals surface area (Å²) in [6, 6.07) is 10.2. The number of rotatable bonds is 3. The van der Waals surface area contributed by atoms with Gasteiger partial charge in [0, 0.05) is 30.6 Å². The molecule has 1 fully saturated rings. The lowest BCUT2D eigenvalue weighted by Gasteiger charge is -2.33. The topological polar surface area (TPSA) is 47.4 Å². The van der Waals surface area contributed by atoms with Crippen molar-refractivity contribution < 1.29 is 9.53 Å². The molecule has 4 rings (SSSR count). The number of hydrogen-bond acceptors (Lipinski definition) is 4. The first-order valence-electron chi connectivity index (χ1n) is 9.00. The lowest BCUT2D eigenvalue weighted by Crippen LogP contribution is -2.41. The van der Waals surface area contributed by atoms with E-state index in [0.717, 1.165) is 51.5 Å². The Morgan fingerprint density at radius 1 is 1.31 bits per heavy atom. The maximum absolute atomic E-state index is 13.0. The zero-order valence-electron chi connectivity index (χ0n) is 15.4. The van der Waals surface area contributed by atoms with Crippen molar-refractivity contribution in [1.29, 1.82) is 0 Å². The van der Waals surface area contributed by atoms with Crippen LogP contribution in [0.3, 0.4) is 0 Å². The molecule has 1 saturated heterocycles. The molecule has 0 bridgehead atoms. The van der Waals surface area contributed by atoms with Gasteiger partial charge in [-0.05, 0) is 44.4 Å². The molecule has 1 aliphatic rings. The maximum atomic E-state index is 13.0. The van der Waals surface area contributed by atoms with Crippen molar-refractivity contribution in [2.24, 2.45) is 7.05 Å². The van der Waals surface area contributed by atoms with Crippen LogP contribution in [0.15, 0.2) is 30.3 Å². The van der Waals surface area contributed by atoms with Crippen LogP contribution in [0.2, 0.25) is 0 Å². The quantitative estimate of drug-likeness (QED) is 0.690. The zero-order valence-corrected chi connectivity index (χ0v) is 16.2. The molecule has 136 valence electrons. The third-order valence-electron chi connectivity index (χ3n) is 5.13. The minimum atomic E-state index is 0.148. The largest absolute Gasteiger partial charge is 0.497 e. The number of piperidine rings is 1. The molecule has 3 heterocycles. The number of amides is 1. The lowest BCUT2D eigenvalue weighted by atomic mass is 10.0. The van der Waals surface area contributed by atoms with Crippen LogP contribution in [0.4, 0.5) is 0 Å². The molecule has 6 heteroatoms. The summed E-state index contributed by atoms with van der Waals surface area (Å²) in [4.78, 5) is 16.9. The van der Waals surface area contributed by atoms with E-state index in [0.29, 0.717) is 6.04 Å². The molecular weight excluding hydrogens is 346 g/mol. The highest BCUT2D eigenvalue weighted by Gasteiger charge is 2.26. The van der Waals surface area contributed by atoms with Crippen LogP contribution in [0, 0.1) is 0 Å². The SMILES string of the molecule is COc1cccc(-c2nn(C)c3sc(C(=O)N4CCCCC4C)cc23)c1. The van der Waals surface area contributed by atoms with Gasteiger partial charge in [0.25, 0.3) is 5.91 Å². The minimum Gasteiger partial charge on any atom is -0.497 e. The summed E-state index contributed by atoms with van der Waals surface area (Å²) in [5.41, 5.74) is 1.89. The first kappa shape index (κ1) is 17.1. The summed E-state index contributed by atoms with van der Waals surface area (Å²) in [6.45, 7) is 3.00. The van der Waals surface area contributed by atoms with E-state index in [4.69, 9.17) is 4.74 Å². The normalized spacial score (nSPS) is 17.7. The average molecular weight is 369 g/mol. The Labute approximate surface area is 157 Å². The van der Waals surface area contributed by atoms with E-state index in [1.165, 1.54) is 17.8 Å². The number of ether oxygens (including phenoxy) is 1. The Balaban J connectivity index is 1.74. The Hall–Kier alpha value is -2.34. The molecule has 1 aromatic carbocycles. The molecule has 1 amide bonds. The molecule has 0 aliphatic carbocycles. The van der Waals surface area contributed by atoms with E-state index in [9.17, 15) is 4.79 Å². The van der Waals surface area contributed by atoms with Gasteiger partial charge in [0.15, 0.2) is 0 Å². The van der Waals surface area contributed by atoms with Crippen LogP contribution in [0.25, 0.3) is 21.5 Å². The van der Waals surface area contributed by atoms with Crippen molar-refractivity contribution in [3.05, 3.63) is 35.2 Å². The number of hydrogen-bond donors (Lipinski definition) is 0. The molecule has 1 atom stereocenters. The van der Waals surface area contributed by atoms with Crippen LogP contribution in [-0.2, 0) is 7.05 Å². The van der Waals surface area contributed by atoms with E-state index in [1.807, 2.05) is 47.0 Å². The van der Waals surface area contributed by atoms with Gasteiger partial charge in [-0.2, -0.15) is 5.10 Å².